The van der Waals surface area contributed by atoms with Crippen molar-refractivity contribution in [3.63, 3.8) is 0 Å². The molecule has 0 aromatic rings. The Hall–Kier alpha value is -0.560. The van der Waals surface area contributed by atoms with Crippen molar-refractivity contribution in [2.24, 2.45) is 34.5 Å². The predicted molar refractivity (Wildman–Crippen MR) is 119 cm³/mol. The third kappa shape index (κ3) is 3.34. The zero-order chi connectivity index (χ0) is 24.6. The standard InChI is InChI=1S/C27H44O/c1-18(2)7-6-8-19(3)23-11-12-24-22-10-9-20-17-21(28)13-15-26(20,4)25(22)14-16-27(23,24)5/h7,19-21,23-24,28H,6,8-17H2,1-5H3/t19-,20+,21+,23-,24+,26+,27-/m1/s1/i13D2,17D2,21D. The molecule has 4 aliphatic rings. The van der Waals surface area contributed by atoms with E-state index in [4.69, 9.17) is 6.85 Å². The number of rotatable bonds is 4. The van der Waals surface area contributed by atoms with Crippen LogP contribution in [-0.4, -0.2) is 11.2 Å². The van der Waals surface area contributed by atoms with Crippen LogP contribution in [0.25, 0.3) is 0 Å². The van der Waals surface area contributed by atoms with Gasteiger partial charge in [-0.3, -0.25) is 0 Å². The summed E-state index contributed by atoms with van der Waals surface area (Å²) in [6.45, 7) is 11.3. The fraction of sp³-hybridized carbons (Fsp3) is 0.852. The van der Waals surface area contributed by atoms with E-state index in [0.717, 1.165) is 25.7 Å². The molecule has 0 aliphatic heterocycles. The van der Waals surface area contributed by atoms with E-state index in [9.17, 15) is 5.11 Å². The Balaban J connectivity index is 1.65. The van der Waals surface area contributed by atoms with Crippen LogP contribution in [0.1, 0.15) is 112 Å². The minimum Gasteiger partial charge on any atom is -0.393 e. The maximum Gasteiger partial charge on any atom is 0.0600 e. The Kier molecular flexibility index (Phi) is 4.15. The molecule has 1 heteroatoms. The van der Waals surface area contributed by atoms with E-state index in [1.54, 1.807) is 0 Å². The van der Waals surface area contributed by atoms with Crippen LogP contribution in [0.2, 0.25) is 0 Å². The molecular weight excluding hydrogens is 340 g/mol. The van der Waals surface area contributed by atoms with Gasteiger partial charge in [0.15, 0.2) is 0 Å². The maximum absolute atomic E-state index is 10.7. The van der Waals surface area contributed by atoms with Gasteiger partial charge in [0, 0.05) is 5.48 Å². The molecule has 0 unspecified atom stereocenters. The first kappa shape index (κ1) is 15.3. The lowest BCUT2D eigenvalue weighted by Crippen LogP contribution is -2.45. The van der Waals surface area contributed by atoms with Crippen molar-refractivity contribution in [3.05, 3.63) is 22.8 Å². The minimum absolute atomic E-state index is 0.0367. The average Bonchev–Trinajstić information content (AvgIpc) is 3.03. The third-order valence-corrected chi connectivity index (χ3v) is 9.09. The van der Waals surface area contributed by atoms with Gasteiger partial charge in [0.2, 0.25) is 0 Å². The number of aliphatic hydroxyl groups is 1. The lowest BCUT2D eigenvalue weighted by molar-refractivity contribution is 0.0133. The van der Waals surface area contributed by atoms with Gasteiger partial charge in [0.1, 0.15) is 0 Å². The fourth-order valence-corrected chi connectivity index (χ4v) is 7.48. The van der Waals surface area contributed by atoms with E-state index in [1.807, 2.05) is 6.92 Å². The van der Waals surface area contributed by atoms with E-state index in [0.29, 0.717) is 24.2 Å². The number of hydrogen-bond acceptors (Lipinski definition) is 1. The topological polar surface area (TPSA) is 20.2 Å². The molecule has 0 heterocycles. The molecule has 0 bridgehead atoms. The number of fused-ring (bicyclic) bond motifs is 4. The molecule has 4 rings (SSSR count). The summed E-state index contributed by atoms with van der Waals surface area (Å²) in [6.07, 6.45) is 3.38. The molecule has 0 aromatic heterocycles. The quantitative estimate of drug-likeness (QED) is 0.495. The van der Waals surface area contributed by atoms with E-state index >= 15 is 0 Å². The van der Waals surface area contributed by atoms with Crippen LogP contribution in [0.5, 0.6) is 0 Å². The molecule has 0 radical (unpaired) electrons. The van der Waals surface area contributed by atoms with Crippen molar-refractivity contribution >= 4 is 0 Å². The highest BCUT2D eigenvalue weighted by atomic mass is 16.3. The molecule has 0 aromatic carbocycles. The number of allylic oxidation sites excluding steroid dienone is 4. The van der Waals surface area contributed by atoms with Crippen LogP contribution in [0, 0.1) is 34.5 Å². The molecule has 4 aliphatic carbocycles. The van der Waals surface area contributed by atoms with Crippen molar-refractivity contribution < 1.29 is 12.0 Å². The summed E-state index contributed by atoms with van der Waals surface area (Å²) >= 11 is 0. The van der Waals surface area contributed by atoms with Crippen molar-refractivity contribution in [1.82, 2.24) is 0 Å². The van der Waals surface area contributed by atoms with Crippen molar-refractivity contribution in [2.75, 3.05) is 0 Å². The Bertz CT molecular complexity index is 855. The predicted octanol–water partition coefficient (Wildman–Crippen LogP) is 7.45. The molecule has 2 saturated carbocycles. The van der Waals surface area contributed by atoms with Gasteiger partial charge in [-0.15, -0.1) is 0 Å². The van der Waals surface area contributed by atoms with Crippen LogP contribution in [-0.2, 0) is 0 Å². The Morgan fingerprint density at radius 2 is 2.04 bits per heavy atom. The van der Waals surface area contributed by atoms with Crippen molar-refractivity contribution in [1.29, 1.82) is 0 Å². The second kappa shape index (κ2) is 7.60. The van der Waals surface area contributed by atoms with Gasteiger partial charge in [-0.1, -0.05) is 43.6 Å². The van der Waals surface area contributed by atoms with E-state index in [-0.39, 0.29) is 11.8 Å². The fourth-order valence-electron chi connectivity index (χ4n) is 7.48. The van der Waals surface area contributed by atoms with Gasteiger partial charge >= 0.3 is 0 Å². The van der Waals surface area contributed by atoms with Crippen LogP contribution in [0.3, 0.4) is 0 Å². The summed E-state index contributed by atoms with van der Waals surface area (Å²) in [5, 5.41) is 10.7. The maximum atomic E-state index is 10.7. The van der Waals surface area contributed by atoms with Crippen LogP contribution < -0.4 is 0 Å². The highest BCUT2D eigenvalue weighted by Crippen LogP contribution is 2.65. The SMILES string of the molecule is [2H]C1([2H])C[C@]2(C)C3=C(CC[C@H]2C([2H])([2H])[C@@]1([2H])O)[C@@H]1CC[C@H]([C@H](C)CCC=C(C)C)[C@@]1(C)CC3. The highest BCUT2D eigenvalue weighted by Gasteiger charge is 2.55. The molecule has 28 heavy (non-hydrogen) atoms. The van der Waals surface area contributed by atoms with Crippen LogP contribution in [0.4, 0.5) is 0 Å². The van der Waals surface area contributed by atoms with Gasteiger partial charge in [-0.25, -0.2) is 0 Å². The van der Waals surface area contributed by atoms with Crippen molar-refractivity contribution in [2.45, 2.75) is 111 Å². The first-order valence-corrected chi connectivity index (χ1v) is 11.7. The Morgan fingerprint density at radius 3 is 2.79 bits per heavy atom. The molecule has 0 amide bonds. The van der Waals surface area contributed by atoms with E-state index < -0.39 is 30.2 Å². The summed E-state index contributed by atoms with van der Waals surface area (Å²) in [7, 11) is 0. The summed E-state index contributed by atoms with van der Waals surface area (Å²) in [4.78, 5) is 0. The van der Waals surface area contributed by atoms with Crippen molar-refractivity contribution in [3.8, 4) is 0 Å². The van der Waals surface area contributed by atoms with Gasteiger partial charge in [0.05, 0.1) is 7.45 Å². The summed E-state index contributed by atoms with van der Waals surface area (Å²) < 4.78 is 42.5. The zero-order valence-electron chi connectivity index (χ0n) is 23.7. The molecule has 0 spiro atoms. The molecule has 0 saturated heterocycles. The lowest BCUT2D eigenvalue weighted by Gasteiger charge is -2.55. The molecule has 1 nitrogen and oxygen atoms in total. The van der Waals surface area contributed by atoms with E-state index in [1.165, 1.54) is 36.0 Å². The average molecular weight is 390 g/mol. The first-order chi connectivity index (χ1) is 15.1. The van der Waals surface area contributed by atoms with Gasteiger partial charge in [-0.2, -0.15) is 0 Å². The summed E-state index contributed by atoms with van der Waals surface area (Å²) in [5.74, 6) is 1.39. The molecule has 1 N–H and O–H groups in total. The minimum atomic E-state index is -2.72. The molecule has 7 atom stereocenters. The largest absolute Gasteiger partial charge is 0.393 e. The lowest BCUT2D eigenvalue weighted by atomic mass is 9.50. The third-order valence-electron chi connectivity index (χ3n) is 9.09. The van der Waals surface area contributed by atoms with E-state index in [2.05, 4.69) is 33.8 Å². The van der Waals surface area contributed by atoms with Gasteiger partial charge < -0.3 is 5.11 Å². The normalized spacial score (nSPS) is 52.6. The first-order valence-electron chi connectivity index (χ1n) is 14.2. The summed E-state index contributed by atoms with van der Waals surface area (Å²) in [5.41, 5.74) is 3.81. The highest BCUT2D eigenvalue weighted by molar-refractivity contribution is 5.34. The van der Waals surface area contributed by atoms with Gasteiger partial charge in [0.25, 0.3) is 0 Å². The van der Waals surface area contributed by atoms with Gasteiger partial charge in [-0.05, 0) is 119 Å². The van der Waals surface area contributed by atoms with Crippen LogP contribution in [0.15, 0.2) is 22.8 Å². The molecule has 2 fully saturated rings. The number of hydrogen-bond donors (Lipinski definition) is 1. The zero-order valence-corrected chi connectivity index (χ0v) is 18.7. The Labute approximate surface area is 181 Å². The summed E-state index contributed by atoms with van der Waals surface area (Å²) in [6, 6.07) is 0. The second-order valence-electron chi connectivity index (χ2n) is 10.9. The van der Waals surface area contributed by atoms with Crippen LogP contribution >= 0.6 is 0 Å². The smallest absolute Gasteiger partial charge is 0.0600 e. The Morgan fingerprint density at radius 1 is 1.25 bits per heavy atom. The monoisotopic (exact) mass is 389 g/mol. The second-order valence-corrected chi connectivity index (χ2v) is 10.9. The molecular formula is C27H44O. The molecule has 158 valence electrons.